The minimum Gasteiger partial charge on any atom is -0.335 e. The van der Waals surface area contributed by atoms with Gasteiger partial charge in [0, 0.05) is 6.54 Å². The quantitative estimate of drug-likeness (QED) is 0.603. The van der Waals surface area contributed by atoms with Crippen LogP contribution in [0, 0.1) is 0 Å². The van der Waals surface area contributed by atoms with Gasteiger partial charge >= 0.3 is 0 Å². The van der Waals surface area contributed by atoms with E-state index in [1.54, 1.807) is 0 Å². The summed E-state index contributed by atoms with van der Waals surface area (Å²) < 4.78 is 0. The first-order valence-corrected chi connectivity index (χ1v) is 5.87. The van der Waals surface area contributed by atoms with Crippen LogP contribution in [0.1, 0.15) is 17.5 Å². The van der Waals surface area contributed by atoms with Crippen LogP contribution in [0.25, 0.3) is 0 Å². The topological polar surface area (TPSA) is 20.3 Å². The van der Waals surface area contributed by atoms with Gasteiger partial charge in [0.15, 0.2) is 0 Å². The molecule has 0 N–H and O–H groups in total. The monoisotopic (exact) mass is 213 g/mol. The lowest BCUT2D eigenvalue weighted by atomic mass is 9.99. The number of rotatable bonds is 0. The maximum atomic E-state index is 12.1. The molecular formula is C14H15NO. The van der Waals surface area contributed by atoms with Crippen molar-refractivity contribution in [2.75, 3.05) is 6.54 Å². The van der Waals surface area contributed by atoms with E-state index in [-0.39, 0.29) is 11.9 Å². The summed E-state index contributed by atoms with van der Waals surface area (Å²) in [6, 6.07) is 8.59. The average Bonchev–Trinajstić information content (AvgIpc) is 2.45. The van der Waals surface area contributed by atoms with Crippen molar-refractivity contribution in [2.24, 2.45) is 0 Å². The predicted octanol–water partition coefficient (Wildman–Crippen LogP) is 1.94. The van der Waals surface area contributed by atoms with Crippen LogP contribution < -0.4 is 0 Å². The molecule has 1 atom stereocenters. The van der Waals surface area contributed by atoms with E-state index in [4.69, 9.17) is 0 Å². The molecule has 2 heterocycles. The van der Waals surface area contributed by atoms with Crippen LogP contribution in [-0.4, -0.2) is 23.4 Å². The van der Waals surface area contributed by atoms with Crippen molar-refractivity contribution in [3.8, 4) is 0 Å². The lowest BCUT2D eigenvalue weighted by Crippen LogP contribution is -2.41. The molecule has 1 aromatic rings. The van der Waals surface area contributed by atoms with E-state index in [2.05, 4.69) is 30.4 Å². The maximum absolute atomic E-state index is 12.1. The van der Waals surface area contributed by atoms with E-state index in [0.29, 0.717) is 6.42 Å². The summed E-state index contributed by atoms with van der Waals surface area (Å²) in [5.41, 5.74) is 2.53. The Morgan fingerprint density at radius 3 is 2.88 bits per heavy atom. The van der Waals surface area contributed by atoms with Gasteiger partial charge in [-0.25, -0.2) is 0 Å². The Balaban J connectivity index is 2.01. The molecule has 2 heteroatoms. The van der Waals surface area contributed by atoms with E-state index in [0.717, 1.165) is 19.4 Å². The number of hydrogen-bond acceptors (Lipinski definition) is 1. The molecule has 0 fully saturated rings. The third kappa shape index (κ3) is 1.54. The Labute approximate surface area is 95.6 Å². The Kier molecular flexibility index (Phi) is 2.28. The molecule has 1 amide bonds. The van der Waals surface area contributed by atoms with Gasteiger partial charge in [-0.2, -0.15) is 0 Å². The highest BCUT2D eigenvalue weighted by molar-refractivity contribution is 5.80. The van der Waals surface area contributed by atoms with E-state index < -0.39 is 0 Å². The fourth-order valence-electron chi connectivity index (χ4n) is 2.64. The second-order valence-corrected chi connectivity index (χ2v) is 4.52. The SMILES string of the molecule is O=C1Cc2ccccc2CC2C=CCCN12. The lowest BCUT2D eigenvalue weighted by molar-refractivity contribution is -0.131. The number of benzene rings is 1. The van der Waals surface area contributed by atoms with Gasteiger partial charge in [-0.1, -0.05) is 36.4 Å². The summed E-state index contributed by atoms with van der Waals surface area (Å²) in [4.78, 5) is 14.1. The molecule has 1 unspecified atom stereocenters. The molecule has 2 nitrogen and oxygen atoms in total. The highest BCUT2D eigenvalue weighted by Gasteiger charge is 2.27. The van der Waals surface area contributed by atoms with Crippen molar-refractivity contribution in [2.45, 2.75) is 25.3 Å². The van der Waals surface area contributed by atoms with Crippen LogP contribution >= 0.6 is 0 Å². The first-order chi connectivity index (χ1) is 7.84. The summed E-state index contributed by atoms with van der Waals surface area (Å²) in [7, 11) is 0. The molecule has 2 aliphatic heterocycles. The van der Waals surface area contributed by atoms with Crippen LogP contribution in [0.2, 0.25) is 0 Å². The largest absolute Gasteiger partial charge is 0.335 e. The number of carbonyl (C=O) groups excluding carboxylic acids is 1. The maximum Gasteiger partial charge on any atom is 0.227 e. The highest BCUT2D eigenvalue weighted by atomic mass is 16.2. The molecule has 0 radical (unpaired) electrons. The molecule has 0 aliphatic carbocycles. The van der Waals surface area contributed by atoms with Crippen molar-refractivity contribution in [3.63, 3.8) is 0 Å². The van der Waals surface area contributed by atoms with Gasteiger partial charge in [0.1, 0.15) is 0 Å². The first-order valence-electron chi connectivity index (χ1n) is 5.87. The highest BCUT2D eigenvalue weighted by Crippen LogP contribution is 2.23. The third-order valence-corrected chi connectivity index (χ3v) is 3.50. The van der Waals surface area contributed by atoms with E-state index in [1.807, 2.05) is 11.0 Å². The van der Waals surface area contributed by atoms with Gasteiger partial charge in [0.25, 0.3) is 0 Å². The molecule has 0 aromatic heterocycles. The fraction of sp³-hybridized carbons (Fsp3) is 0.357. The number of fused-ring (bicyclic) bond motifs is 2. The summed E-state index contributed by atoms with van der Waals surface area (Å²) in [6.45, 7) is 0.883. The van der Waals surface area contributed by atoms with Gasteiger partial charge in [0.2, 0.25) is 5.91 Å². The summed E-state index contributed by atoms with van der Waals surface area (Å²) in [5, 5.41) is 0. The predicted molar refractivity (Wildman–Crippen MR) is 63.1 cm³/mol. The molecule has 2 aliphatic rings. The number of nitrogens with zero attached hydrogens (tertiary/aromatic N) is 1. The molecule has 3 rings (SSSR count). The van der Waals surface area contributed by atoms with Gasteiger partial charge in [-0.05, 0) is 24.0 Å². The molecular weight excluding hydrogens is 198 g/mol. The van der Waals surface area contributed by atoms with E-state index in [9.17, 15) is 4.79 Å². The minimum atomic E-state index is 0.277. The molecule has 1 aromatic carbocycles. The molecule has 0 spiro atoms. The Bertz CT molecular complexity index is 450. The average molecular weight is 213 g/mol. The fourth-order valence-corrected chi connectivity index (χ4v) is 2.64. The molecule has 16 heavy (non-hydrogen) atoms. The Morgan fingerprint density at radius 2 is 2.00 bits per heavy atom. The smallest absolute Gasteiger partial charge is 0.227 e. The van der Waals surface area contributed by atoms with Crippen LogP contribution in [-0.2, 0) is 17.6 Å². The molecule has 0 saturated carbocycles. The van der Waals surface area contributed by atoms with Crippen molar-refractivity contribution < 1.29 is 4.79 Å². The zero-order chi connectivity index (χ0) is 11.0. The zero-order valence-electron chi connectivity index (χ0n) is 9.23. The minimum absolute atomic E-state index is 0.277. The van der Waals surface area contributed by atoms with Gasteiger partial charge < -0.3 is 4.90 Å². The van der Waals surface area contributed by atoms with Gasteiger partial charge in [0.05, 0.1) is 12.5 Å². The Hall–Kier alpha value is -1.57. The number of amides is 1. The first kappa shape index (κ1) is 9.64. The van der Waals surface area contributed by atoms with E-state index in [1.165, 1.54) is 11.1 Å². The second kappa shape index (κ2) is 3.78. The third-order valence-electron chi connectivity index (χ3n) is 3.50. The molecule has 0 saturated heterocycles. The zero-order valence-corrected chi connectivity index (χ0v) is 9.23. The number of hydrogen-bond donors (Lipinski definition) is 0. The van der Waals surface area contributed by atoms with Crippen LogP contribution in [0.15, 0.2) is 36.4 Å². The van der Waals surface area contributed by atoms with Crippen molar-refractivity contribution in [1.82, 2.24) is 4.90 Å². The van der Waals surface area contributed by atoms with Crippen molar-refractivity contribution in [1.29, 1.82) is 0 Å². The van der Waals surface area contributed by atoms with Gasteiger partial charge in [-0.15, -0.1) is 0 Å². The normalized spacial score (nSPS) is 23.6. The van der Waals surface area contributed by atoms with Crippen LogP contribution in [0.4, 0.5) is 0 Å². The second-order valence-electron chi connectivity index (χ2n) is 4.52. The van der Waals surface area contributed by atoms with Crippen LogP contribution in [0.5, 0.6) is 0 Å². The summed E-state index contributed by atoms with van der Waals surface area (Å²) >= 11 is 0. The van der Waals surface area contributed by atoms with E-state index >= 15 is 0 Å². The molecule has 0 bridgehead atoms. The Morgan fingerprint density at radius 1 is 1.19 bits per heavy atom. The lowest BCUT2D eigenvalue weighted by Gasteiger charge is -2.30. The van der Waals surface area contributed by atoms with Gasteiger partial charge in [-0.3, -0.25) is 4.79 Å². The van der Waals surface area contributed by atoms with Crippen LogP contribution in [0.3, 0.4) is 0 Å². The van der Waals surface area contributed by atoms with Crippen molar-refractivity contribution in [3.05, 3.63) is 47.5 Å². The summed E-state index contributed by atoms with van der Waals surface area (Å²) in [6.07, 6.45) is 6.92. The standard InChI is InChI=1S/C14H15NO/c16-14-10-12-6-2-1-5-11(12)9-13-7-3-4-8-15(13)14/h1-3,5-7,13H,4,8-10H2. The molecule has 82 valence electrons. The van der Waals surface area contributed by atoms with Crippen molar-refractivity contribution >= 4 is 5.91 Å². The number of carbonyl (C=O) groups is 1. The summed E-state index contributed by atoms with van der Waals surface area (Å²) in [5.74, 6) is 0.277.